The molecule has 0 aliphatic heterocycles. The Balaban J connectivity index is 2.10. The van der Waals surface area contributed by atoms with Gasteiger partial charge in [-0.15, -0.1) is 20.5 Å². The van der Waals surface area contributed by atoms with Crippen LogP contribution >= 0.6 is 0 Å². The number of azo groups is 2. The molecule has 22 nitrogen and oxygen atoms in total. The second-order valence-corrected chi connectivity index (χ2v) is 16.4. The van der Waals surface area contributed by atoms with Gasteiger partial charge in [-0.2, -0.15) is 42.1 Å². The van der Waals surface area contributed by atoms with E-state index in [1.165, 1.54) is 0 Å². The molecular formula is C22H17N5O17S5. The Hall–Kier alpha value is -4.71. The van der Waals surface area contributed by atoms with Crippen LogP contribution in [0.4, 0.5) is 28.4 Å². The predicted octanol–water partition coefficient (Wildman–Crippen LogP) is 2.90. The standard InChI is InChI=1S/C22H17N5O17S5/c23-10-1-3-12(15(7-10)47(36,37)38)24-26-19-16(48(39,40)41)5-9-6-17(49(42,43)44)20(22(29)18(9)21(19)28)27-25-13-8-11(45(30,31)32)2-4-14(13)46(33,34)35/h1-8,28-29H,23H2,(H,30,31,32)(H,33,34,35)(H,36,37,38)(H,39,40,41)(H,42,43,44). The lowest BCUT2D eigenvalue weighted by Gasteiger charge is -2.13. The summed E-state index contributed by atoms with van der Waals surface area (Å²) in [6, 6.07) is 4.80. The average molecular weight is 784 g/mol. The first kappa shape index (κ1) is 37.1. The highest BCUT2D eigenvalue weighted by Gasteiger charge is 2.29. The zero-order chi connectivity index (χ0) is 37.1. The minimum Gasteiger partial charge on any atom is -0.505 e. The van der Waals surface area contributed by atoms with Gasteiger partial charge in [0.2, 0.25) is 0 Å². The molecule has 27 heteroatoms. The average Bonchev–Trinajstić information content (AvgIpc) is 2.93. The molecule has 0 amide bonds. The normalized spacial score (nSPS) is 13.5. The number of aromatic hydroxyl groups is 2. The van der Waals surface area contributed by atoms with Crippen molar-refractivity contribution in [1.29, 1.82) is 0 Å². The highest BCUT2D eigenvalue weighted by molar-refractivity contribution is 7.87. The summed E-state index contributed by atoms with van der Waals surface area (Å²) in [4.78, 5) is -5.85. The van der Waals surface area contributed by atoms with Gasteiger partial charge >= 0.3 is 0 Å². The van der Waals surface area contributed by atoms with Crippen molar-refractivity contribution < 1.29 is 75.1 Å². The molecule has 9 N–H and O–H groups in total. The Bertz CT molecular complexity index is 2710. The van der Waals surface area contributed by atoms with Gasteiger partial charge in [0.15, 0.2) is 11.5 Å². The summed E-state index contributed by atoms with van der Waals surface area (Å²) in [6.45, 7) is 0. The maximum absolute atomic E-state index is 12.3. The van der Waals surface area contributed by atoms with Crippen molar-refractivity contribution in [3.05, 3.63) is 48.5 Å². The van der Waals surface area contributed by atoms with Gasteiger partial charge < -0.3 is 15.9 Å². The van der Waals surface area contributed by atoms with Gasteiger partial charge in [0, 0.05) is 5.69 Å². The molecule has 0 fully saturated rings. The lowest BCUT2D eigenvalue weighted by molar-refractivity contribution is 0.458. The lowest BCUT2D eigenvalue weighted by Crippen LogP contribution is -2.02. The summed E-state index contributed by atoms with van der Waals surface area (Å²) in [5.74, 6) is -2.91. The summed E-state index contributed by atoms with van der Waals surface area (Å²) in [5.41, 5.74) is 0.967. The van der Waals surface area contributed by atoms with Crippen molar-refractivity contribution >= 4 is 89.8 Å². The van der Waals surface area contributed by atoms with Crippen molar-refractivity contribution in [3.8, 4) is 11.5 Å². The second-order valence-electron chi connectivity index (χ2n) is 9.37. The maximum atomic E-state index is 12.3. The summed E-state index contributed by atoms with van der Waals surface area (Å²) < 4.78 is 167. The van der Waals surface area contributed by atoms with Crippen molar-refractivity contribution in [2.75, 3.05) is 5.73 Å². The van der Waals surface area contributed by atoms with Gasteiger partial charge in [0.05, 0.1) is 10.3 Å². The van der Waals surface area contributed by atoms with E-state index in [0.717, 1.165) is 18.2 Å². The largest absolute Gasteiger partial charge is 0.505 e. The number of phenols is 2. The van der Waals surface area contributed by atoms with E-state index in [1.807, 2.05) is 0 Å². The highest BCUT2D eigenvalue weighted by atomic mass is 32.2. The fraction of sp³-hybridized carbons (Fsp3) is 0. The number of hydrogen-bond donors (Lipinski definition) is 8. The number of nitrogens with zero attached hydrogens (tertiary/aromatic N) is 4. The van der Waals surface area contributed by atoms with E-state index < -0.39 is 120 Å². The number of nitrogen functional groups attached to an aromatic ring is 1. The number of nitrogens with two attached hydrogens (primary N) is 1. The summed E-state index contributed by atoms with van der Waals surface area (Å²) in [6.07, 6.45) is 0. The van der Waals surface area contributed by atoms with E-state index in [4.69, 9.17) is 5.73 Å². The summed E-state index contributed by atoms with van der Waals surface area (Å²) >= 11 is 0. The molecule has 0 saturated heterocycles. The Morgan fingerprint density at radius 1 is 0.469 bits per heavy atom. The molecule has 0 heterocycles. The molecule has 0 unspecified atom stereocenters. The number of phenolic OH excluding ortho intramolecular Hbond substituents is 2. The third-order valence-corrected chi connectivity index (χ3v) is 10.5. The van der Waals surface area contributed by atoms with Crippen molar-refractivity contribution in [2.45, 2.75) is 24.5 Å². The number of fused-ring (bicyclic) bond motifs is 1. The fourth-order valence-corrected chi connectivity index (χ4v) is 7.11. The Morgan fingerprint density at radius 3 is 1.35 bits per heavy atom. The smallest absolute Gasteiger partial charge is 0.296 e. The van der Waals surface area contributed by atoms with Crippen LogP contribution in [0.25, 0.3) is 10.8 Å². The van der Waals surface area contributed by atoms with Gasteiger partial charge in [-0.1, -0.05) is 0 Å². The first-order chi connectivity index (χ1) is 22.2. The van der Waals surface area contributed by atoms with E-state index in [1.54, 1.807) is 0 Å². The van der Waals surface area contributed by atoms with Crippen LogP contribution in [-0.2, 0) is 50.6 Å². The Morgan fingerprint density at radius 2 is 0.918 bits per heavy atom. The van der Waals surface area contributed by atoms with Crippen molar-refractivity contribution in [3.63, 3.8) is 0 Å². The zero-order valence-electron chi connectivity index (χ0n) is 23.2. The van der Waals surface area contributed by atoms with E-state index in [9.17, 15) is 75.1 Å². The second kappa shape index (κ2) is 12.3. The third-order valence-electron chi connectivity index (χ3n) is 6.09. The van der Waals surface area contributed by atoms with Crippen molar-refractivity contribution in [1.82, 2.24) is 0 Å². The van der Waals surface area contributed by atoms with Gasteiger partial charge in [-0.3, -0.25) is 22.8 Å². The molecule has 0 spiro atoms. The van der Waals surface area contributed by atoms with E-state index in [0.29, 0.717) is 30.3 Å². The molecule has 4 rings (SSSR count). The van der Waals surface area contributed by atoms with Gasteiger partial charge in [-0.05, 0) is 53.9 Å². The fourth-order valence-electron chi connectivity index (χ4n) is 4.03. The topological polar surface area (TPSA) is 388 Å². The van der Waals surface area contributed by atoms with Crippen LogP contribution in [0.1, 0.15) is 0 Å². The van der Waals surface area contributed by atoms with Gasteiger partial charge in [0.1, 0.15) is 42.3 Å². The molecule has 0 atom stereocenters. The van der Waals surface area contributed by atoms with Crippen LogP contribution in [0.2, 0.25) is 0 Å². The molecule has 0 aliphatic rings. The van der Waals surface area contributed by atoms with Gasteiger partial charge in [-0.25, -0.2) is 0 Å². The minimum atomic E-state index is -5.51. The third kappa shape index (κ3) is 7.80. The predicted molar refractivity (Wildman–Crippen MR) is 162 cm³/mol. The minimum absolute atomic E-state index is 0.187. The molecule has 49 heavy (non-hydrogen) atoms. The lowest BCUT2D eigenvalue weighted by atomic mass is 10.1. The molecule has 4 aromatic carbocycles. The first-order valence-electron chi connectivity index (χ1n) is 12.0. The molecular weight excluding hydrogens is 767 g/mol. The van der Waals surface area contributed by atoms with Crippen LogP contribution in [0, 0.1) is 0 Å². The summed E-state index contributed by atoms with van der Waals surface area (Å²) in [5, 5.41) is 33.8. The quantitative estimate of drug-likeness (QED) is 0.0687. The van der Waals surface area contributed by atoms with Crippen LogP contribution in [0.5, 0.6) is 11.5 Å². The number of benzene rings is 4. The molecule has 262 valence electrons. The number of hydrogen-bond acceptors (Lipinski definition) is 17. The SMILES string of the molecule is Nc1ccc(N=Nc2c(S(=O)(=O)O)cc3cc(S(=O)(=O)O)c(N=Nc4cc(S(=O)(=O)O)ccc4S(=O)(=O)O)c(O)c3c2O)c(S(=O)(=O)O)c1. The Kier molecular flexibility index (Phi) is 9.33. The number of anilines is 1. The Labute approximate surface area is 274 Å². The molecule has 0 saturated carbocycles. The van der Waals surface area contributed by atoms with E-state index >= 15 is 0 Å². The molecule has 0 bridgehead atoms. The summed E-state index contributed by atoms with van der Waals surface area (Å²) in [7, 11) is -26.2. The molecule has 0 aliphatic carbocycles. The monoisotopic (exact) mass is 783 g/mol. The maximum Gasteiger partial charge on any atom is 0.296 e. The van der Waals surface area contributed by atoms with Gasteiger partial charge in [0.25, 0.3) is 50.6 Å². The zero-order valence-corrected chi connectivity index (χ0v) is 27.3. The molecule has 4 aromatic rings. The van der Waals surface area contributed by atoms with Crippen LogP contribution in [-0.4, -0.2) is 75.1 Å². The van der Waals surface area contributed by atoms with Crippen LogP contribution in [0.3, 0.4) is 0 Å². The highest BCUT2D eigenvalue weighted by Crippen LogP contribution is 2.50. The van der Waals surface area contributed by atoms with Crippen LogP contribution < -0.4 is 5.73 Å². The number of rotatable bonds is 9. The van der Waals surface area contributed by atoms with E-state index in [-0.39, 0.29) is 5.69 Å². The van der Waals surface area contributed by atoms with E-state index in [2.05, 4.69) is 20.5 Å². The molecule has 0 radical (unpaired) electrons. The molecule has 0 aromatic heterocycles. The van der Waals surface area contributed by atoms with Crippen molar-refractivity contribution in [2.24, 2.45) is 20.5 Å². The first-order valence-corrected chi connectivity index (χ1v) is 19.2. The van der Waals surface area contributed by atoms with Crippen LogP contribution in [0.15, 0.2) is 93.5 Å².